The zero-order valence-electron chi connectivity index (χ0n) is 19.2. The van der Waals surface area contributed by atoms with E-state index in [-0.39, 0.29) is 11.8 Å². The number of hydrogen-bond donors (Lipinski definition) is 2. The van der Waals surface area contributed by atoms with Crippen LogP contribution in [0.1, 0.15) is 27.9 Å². The Morgan fingerprint density at radius 1 is 0.818 bits per heavy atom. The molecule has 0 heterocycles. The lowest BCUT2D eigenvalue weighted by atomic mass is 10.1. The molecule has 3 aromatic rings. The number of nitrogens with one attached hydrogen (secondary N) is 2. The molecule has 0 atom stereocenters. The molecular formula is C26H28N2O4S. The lowest BCUT2D eigenvalue weighted by molar-refractivity contribution is -0.115. The van der Waals surface area contributed by atoms with Crippen molar-refractivity contribution in [3.05, 3.63) is 77.4 Å². The summed E-state index contributed by atoms with van der Waals surface area (Å²) >= 11 is 1.64. The summed E-state index contributed by atoms with van der Waals surface area (Å²) in [4.78, 5) is 26.2. The molecular weight excluding hydrogens is 436 g/mol. The lowest BCUT2D eigenvalue weighted by Crippen LogP contribution is -2.15. The van der Waals surface area contributed by atoms with Crippen molar-refractivity contribution in [2.75, 3.05) is 30.6 Å². The van der Waals surface area contributed by atoms with Gasteiger partial charge in [-0.2, -0.15) is 0 Å². The fourth-order valence-corrected chi connectivity index (χ4v) is 4.10. The highest BCUT2D eigenvalue weighted by molar-refractivity contribution is 7.99. The van der Waals surface area contributed by atoms with Gasteiger partial charge in [0.15, 0.2) is 0 Å². The van der Waals surface area contributed by atoms with Crippen molar-refractivity contribution >= 4 is 35.0 Å². The normalized spacial score (nSPS) is 10.4. The summed E-state index contributed by atoms with van der Waals surface area (Å²) in [7, 11) is 3.02. The lowest BCUT2D eigenvalue weighted by Gasteiger charge is -2.16. The zero-order valence-corrected chi connectivity index (χ0v) is 20.0. The van der Waals surface area contributed by atoms with Crippen molar-refractivity contribution in [3.8, 4) is 11.5 Å². The Labute approximate surface area is 198 Å². The molecule has 7 heteroatoms. The monoisotopic (exact) mass is 464 g/mol. The van der Waals surface area contributed by atoms with E-state index in [2.05, 4.69) is 42.7 Å². The smallest absolute Gasteiger partial charge is 0.255 e. The number of amides is 2. The van der Waals surface area contributed by atoms with Gasteiger partial charge in [-0.25, -0.2) is 0 Å². The Bertz CT molecular complexity index is 1130. The highest BCUT2D eigenvalue weighted by atomic mass is 32.2. The predicted molar refractivity (Wildman–Crippen MR) is 134 cm³/mol. The second kappa shape index (κ2) is 11.4. The van der Waals surface area contributed by atoms with Crippen LogP contribution in [0.25, 0.3) is 0 Å². The molecule has 0 saturated carbocycles. The maximum atomic E-state index is 12.5. The first-order valence-electron chi connectivity index (χ1n) is 10.5. The summed E-state index contributed by atoms with van der Waals surface area (Å²) in [6, 6.07) is 18.5. The van der Waals surface area contributed by atoms with Gasteiger partial charge in [-0.3, -0.25) is 9.59 Å². The third-order valence-electron chi connectivity index (χ3n) is 5.16. The molecule has 0 saturated heterocycles. The second-order valence-corrected chi connectivity index (χ2v) is 8.63. The summed E-state index contributed by atoms with van der Waals surface area (Å²) < 4.78 is 10.9. The molecule has 0 aliphatic heterocycles. The molecule has 0 aliphatic carbocycles. The number of carbonyl (C=O) groups excluding carboxylic acids is 2. The van der Waals surface area contributed by atoms with Crippen LogP contribution in [0.2, 0.25) is 0 Å². The van der Waals surface area contributed by atoms with Gasteiger partial charge >= 0.3 is 0 Å². The molecule has 0 aliphatic rings. The third-order valence-corrected chi connectivity index (χ3v) is 6.15. The predicted octanol–water partition coefficient (Wildman–Crippen LogP) is 5.69. The standard InChI is InChI=1S/C26H28N2O4S/c1-17-10-11-20(14-18(17)2)33-13-12-25(29)27-21-15-24(32-4)22(16-23(21)31-3)28-26(30)19-8-6-5-7-9-19/h5-11,14-16H,12-13H2,1-4H3,(H,27,29)(H,28,30). The number of methoxy groups -OCH3 is 2. The van der Waals surface area contributed by atoms with Crippen molar-refractivity contribution in [2.24, 2.45) is 0 Å². The molecule has 0 aromatic heterocycles. The molecule has 0 unspecified atom stereocenters. The Morgan fingerprint density at radius 2 is 1.45 bits per heavy atom. The number of hydrogen-bond acceptors (Lipinski definition) is 5. The minimum atomic E-state index is -0.267. The van der Waals surface area contributed by atoms with E-state index >= 15 is 0 Å². The molecule has 172 valence electrons. The van der Waals surface area contributed by atoms with Crippen LogP contribution in [0.5, 0.6) is 11.5 Å². The molecule has 3 aromatic carbocycles. The Hall–Kier alpha value is -3.45. The number of rotatable bonds is 9. The highest BCUT2D eigenvalue weighted by Gasteiger charge is 2.16. The number of ether oxygens (including phenoxy) is 2. The van der Waals surface area contributed by atoms with Crippen LogP contribution >= 0.6 is 11.8 Å². The van der Waals surface area contributed by atoms with E-state index in [0.717, 1.165) is 4.90 Å². The number of aryl methyl sites for hydroxylation is 2. The Morgan fingerprint density at radius 3 is 2.06 bits per heavy atom. The van der Waals surface area contributed by atoms with Gasteiger partial charge in [0.05, 0.1) is 25.6 Å². The molecule has 0 spiro atoms. The van der Waals surface area contributed by atoms with E-state index in [4.69, 9.17) is 9.47 Å². The van der Waals surface area contributed by atoms with Crippen LogP contribution < -0.4 is 20.1 Å². The Balaban J connectivity index is 1.66. The molecule has 2 N–H and O–H groups in total. The van der Waals surface area contributed by atoms with Crippen LogP contribution in [-0.2, 0) is 4.79 Å². The zero-order chi connectivity index (χ0) is 23.8. The molecule has 0 radical (unpaired) electrons. The number of thioether (sulfide) groups is 1. The number of benzene rings is 3. The summed E-state index contributed by atoms with van der Waals surface area (Å²) in [6.45, 7) is 4.16. The average Bonchev–Trinajstić information content (AvgIpc) is 2.82. The van der Waals surface area contributed by atoms with Gasteiger partial charge in [-0.1, -0.05) is 24.3 Å². The minimum Gasteiger partial charge on any atom is -0.494 e. The summed E-state index contributed by atoms with van der Waals surface area (Å²) in [5.74, 6) is 1.09. The first kappa shape index (κ1) is 24.2. The third kappa shape index (κ3) is 6.52. The molecule has 3 rings (SSSR count). The maximum Gasteiger partial charge on any atom is 0.255 e. The van der Waals surface area contributed by atoms with Crippen molar-refractivity contribution in [3.63, 3.8) is 0 Å². The topological polar surface area (TPSA) is 76.7 Å². The minimum absolute atomic E-state index is 0.132. The first-order valence-corrected chi connectivity index (χ1v) is 11.5. The maximum absolute atomic E-state index is 12.5. The van der Waals surface area contributed by atoms with E-state index in [0.29, 0.717) is 40.6 Å². The van der Waals surface area contributed by atoms with Gasteiger partial charge < -0.3 is 20.1 Å². The van der Waals surface area contributed by atoms with Gasteiger partial charge in [-0.15, -0.1) is 11.8 Å². The van der Waals surface area contributed by atoms with Crippen molar-refractivity contribution < 1.29 is 19.1 Å². The Kier molecular flexibility index (Phi) is 8.38. The SMILES string of the molecule is COc1cc(NC(=O)c2ccccc2)c(OC)cc1NC(=O)CCSc1ccc(C)c(C)c1. The summed E-state index contributed by atoms with van der Waals surface area (Å²) in [5, 5.41) is 5.72. The summed E-state index contributed by atoms with van der Waals surface area (Å²) in [6.07, 6.45) is 0.343. The van der Waals surface area contributed by atoms with Gasteiger partial charge in [0.1, 0.15) is 11.5 Å². The van der Waals surface area contributed by atoms with Gasteiger partial charge in [0.25, 0.3) is 5.91 Å². The van der Waals surface area contributed by atoms with Gasteiger partial charge in [0.2, 0.25) is 5.91 Å². The van der Waals surface area contributed by atoms with E-state index in [9.17, 15) is 9.59 Å². The molecule has 6 nitrogen and oxygen atoms in total. The molecule has 33 heavy (non-hydrogen) atoms. The van der Waals surface area contributed by atoms with Crippen LogP contribution in [-0.4, -0.2) is 31.8 Å². The van der Waals surface area contributed by atoms with Crippen molar-refractivity contribution in [1.29, 1.82) is 0 Å². The van der Waals surface area contributed by atoms with E-state index in [1.165, 1.54) is 25.3 Å². The van der Waals surface area contributed by atoms with Crippen LogP contribution in [0.3, 0.4) is 0 Å². The van der Waals surface area contributed by atoms with Gasteiger partial charge in [-0.05, 0) is 49.2 Å². The van der Waals surface area contributed by atoms with E-state index in [1.807, 2.05) is 6.07 Å². The first-order chi connectivity index (χ1) is 15.9. The van der Waals surface area contributed by atoms with Crippen LogP contribution in [0.4, 0.5) is 11.4 Å². The second-order valence-electron chi connectivity index (χ2n) is 7.47. The highest BCUT2D eigenvalue weighted by Crippen LogP contribution is 2.37. The average molecular weight is 465 g/mol. The van der Waals surface area contributed by atoms with Crippen molar-refractivity contribution in [1.82, 2.24) is 0 Å². The quantitative estimate of drug-likeness (QED) is 0.398. The molecule has 0 bridgehead atoms. The number of anilines is 2. The van der Waals surface area contributed by atoms with Crippen LogP contribution in [0, 0.1) is 13.8 Å². The summed E-state index contributed by atoms with van der Waals surface area (Å²) in [5.41, 5.74) is 3.94. The van der Waals surface area contributed by atoms with E-state index < -0.39 is 0 Å². The van der Waals surface area contributed by atoms with E-state index in [1.54, 1.807) is 48.2 Å². The fourth-order valence-electron chi connectivity index (χ4n) is 3.16. The molecule has 0 fully saturated rings. The molecule has 2 amide bonds. The number of carbonyl (C=O) groups is 2. The largest absolute Gasteiger partial charge is 0.494 e. The van der Waals surface area contributed by atoms with Crippen LogP contribution in [0.15, 0.2) is 65.6 Å². The van der Waals surface area contributed by atoms with Crippen molar-refractivity contribution in [2.45, 2.75) is 25.2 Å². The fraction of sp³-hybridized carbons (Fsp3) is 0.231. The van der Waals surface area contributed by atoms with Gasteiger partial charge in [0, 0.05) is 34.8 Å².